The molecule has 0 spiro atoms. The van der Waals surface area contributed by atoms with Crippen molar-refractivity contribution in [1.82, 2.24) is 10.6 Å². The minimum absolute atomic E-state index is 0.0680. The summed E-state index contributed by atoms with van der Waals surface area (Å²) in [5.74, 6) is -1.63. The fourth-order valence-corrected chi connectivity index (χ4v) is 2.75. The molecule has 0 fully saturated rings. The number of carbonyl (C=O) groups excluding carboxylic acids is 3. The van der Waals surface area contributed by atoms with Crippen molar-refractivity contribution in [3.05, 3.63) is 71.8 Å². The summed E-state index contributed by atoms with van der Waals surface area (Å²) in [5.41, 5.74) is 5.87. The average molecular weight is 439 g/mol. The fourth-order valence-electron chi connectivity index (χ4n) is 2.75. The summed E-state index contributed by atoms with van der Waals surface area (Å²) in [6, 6.07) is 17.5. The summed E-state index contributed by atoms with van der Waals surface area (Å²) in [5, 5.41) is 5.19. The van der Waals surface area contributed by atoms with Gasteiger partial charge in [-0.1, -0.05) is 74.5 Å². The van der Waals surface area contributed by atoms with Crippen LogP contribution in [-0.4, -0.2) is 35.7 Å². The van der Waals surface area contributed by atoms with E-state index >= 15 is 0 Å². The number of aliphatic imine (C=N–C) groups is 1. The van der Waals surface area contributed by atoms with Gasteiger partial charge in [-0.15, -0.1) is 0 Å². The molecule has 0 saturated carbocycles. The molecule has 0 bridgehead atoms. The fraction of sp³-hybridized carbons (Fsp3) is 0.333. The van der Waals surface area contributed by atoms with Gasteiger partial charge in [0.25, 0.3) is 0 Å². The Hall–Kier alpha value is -3.68. The molecule has 2 rings (SSSR count). The molecule has 0 aliphatic carbocycles. The number of hydrogen-bond acceptors (Lipinski definition) is 5. The third-order valence-electron chi connectivity index (χ3n) is 5.17. The zero-order chi connectivity index (χ0) is 23.6. The lowest BCUT2D eigenvalue weighted by molar-refractivity contribution is -0.131. The first kappa shape index (κ1) is 24.6. The molecule has 8 heteroatoms. The van der Waals surface area contributed by atoms with E-state index in [-0.39, 0.29) is 12.5 Å². The molecule has 32 heavy (non-hydrogen) atoms. The number of nitrogens with two attached hydrogens (primary N) is 1. The van der Waals surface area contributed by atoms with Crippen molar-refractivity contribution in [1.29, 1.82) is 0 Å². The van der Waals surface area contributed by atoms with Gasteiger partial charge in [0.2, 0.25) is 11.8 Å². The molecular weight excluding hydrogens is 408 g/mol. The highest BCUT2D eigenvalue weighted by atomic mass is 16.5. The van der Waals surface area contributed by atoms with Gasteiger partial charge in [0.05, 0.1) is 6.54 Å². The Labute approximate surface area is 188 Å². The lowest BCUT2D eigenvalue weighted by Gasteiger charge is -2.33. The second-order valence-corrected chi connectivity index (χ2v) is 7.87. The highest BCUT2D eigenvalue weighted by Crippen LogP contribution is 2.18. The molecule has 0 aliphatic rings. The quantitative estimate of drug-likeness (QED) is 0.493. The summed E-state index contributed by atoms with van der Waals surface area (Å²) in [6.45, 7) is 5.53. The van der Waals surface area contributed by atoms with E-state index in [9.17, 15) is 14.4 Å². The number of rotatable bonds is 10. The van der Waals surface area contributed by atoms with Crippen molar-refractivity contribution >= 4 is 24.1 Å². The van der Waals surface area contributed by atoms with Crippen molar-refractivity contribution in [3.63, 3.8) is 0 Å². The first-order valence-electron chi connectivity index (χ1n) is 10.4. The molecule has 0 aliphatic heterocycles. The van der Waals surface area contributed by atoms with E-state index in [1.807, 2.05) is 60.7 Å². The molecule has 4 N–H and O–H groups in total. The number of amides is 3. The van der Waals surface area contributed by atoms with E-state index in [0.29, 0.717) is 6.54 Å². The summed E-state index contributed by atoms with van der Waals surface area (Å²) in [4.78, 5) is 41.4. The van der Waals surface area contributed by atoms with Gasteiger partial charge in [-0.3, -0.25) is 14.6 Å². The molecule has 2 aromatic carbocycles. The topological polar surface area (TPSA) is 123 Å². The largest absolute Gasteiger partial charge is 0.445 e. The standard InChI is InChI=1S/C24H30N4O4/c1-17(2)24(3,28-23(31)32-16-19-12-8-5-9-13-19)22(30)27-20(21(25)29)15-26-14-18-10-6-4-7-11-18/h4-13,15,17,20H,14,16H2,1-3H3,(H2,25,29)(H,27,30)(H,28,31)/t20?,24-/m0/s1. The summed E-state index contributed by atoms with van der Waals surface area (Å²) in [7, 11) is 0. The van der Waals surface area contributed by atoms with Crippen LogP contribution in [0.5, 0.6) is 0 Å². The van der Waals surface area contributed by atoms with Gasteiger partial charge in [0, 0.05) is 6.21 Å². The second kappa shape index (κ2) is 11.6. The zero-order valence-electron chi connectivity index (χ0n) is 18.6. The smallest absolute Gasteiger partial charge is 0.408 e. The number of primary amides is 1. The number of nitrogens with zero attached hydrogens (tertiary/aromatic N) is 1. The van der Waals surface area contributed by atoms with E-state index in [1.54, 1.807) is 20.8 Å². The Bertz CT molecular complexity index is 932. The van der Waals surface area contributed by atoms with Crippen LogP contribution in [-0.2, 0) is 27.5 Å². The SMILES string of the molecule is CC(C)[C@](C)(NC(=O)OCc1ccccc1)C(=O)NC(C=NCc1ccccc1)C(N)=O. The van der Waals surface area contributed by atoms with E-state index in [4.69, 9.17) is 10.5 Å². The van der Waals surface area contributed by atoms with Gasteiger partial charge in [-0.2, -0.15) is 0 Å². The van der Waals surface area contributed by atoms with Crippen LogP contribution in [0.15, 0.2) is 65.7 Å². The van der Waals surface area contributed by atoms with E-state index in [0.717, 1.165) is 11.1 Å². The van der Waals surface area contributed by atoms with Crippen LogP contribution in [0.25, 0.3) is 0 Å². The molecule has 8 nitrogen and oxygen atoms in total. The predicted molar refractivity (Wildman–Crippen MR) is 123 cm³/mol. The molecule has 1 unspecified atom stereocenters. The van der Waals surface area contributed by atoms with Gasteiger partial charge in [0.15, 0.2) is 0 Å². The zero-order valence-corrected chi connectivity index (χ0v) is 18.6. The average Bonchev–Trinajstić information content (AvgIpc) is 2.78. The van der Waals surface area contributed by atoms with Crippen LogP contribution in [0, 0.1) is 5.92 Å². The number of alkyl carbamates (subject to hydrolysis) is 1. The second-order valence-electron chi connectivity index (χ2n) is 7.87. The number of benzene rings is 2. The first-order chi connectivity index (χ1) is 15.2. The third kappa shape index (κ3) is 7.23. The Balaban J connectivity index is 2.01. The van der Waals surface area contributed by atoms with Crippen LogP contribution in [0.4, 0.5) is 4.79 Å². The van der Waals surface area contributed by atoms with Crippen molar-refractivity contribution in [2.75, 3.05) is 0 Å². The number of ether oxygens (including phenoxy) is 1. The van der Waals surface area contributed by atoms with Crippen LogP contribution in [0.1, 0.15) is 31.9 Å². The van der Waals surface area contributed by atoms with Crippen LogP contribution in [0.3, 0.4) is 0 Å². The molecule has 170 valence electrons. The molecule has 2 atom stereocenters. The van der Waals surface area contributed by atoms with Gasteiger partial charge < -0.3 is 21.1 Å². The van der Waals surface area contributed by atoms with Crippen molar-refractivity contribution < 1.29 is 19.1 Å². The van der Waals surface area contributed by atoms with Crippen LogP contribution < -0.4 is 16.4 Å². The van der Waals surface area contributed by atoms with Crippen molar-refractivity contribution in [2.24, 2.45) is 16.6 Å². The van der Waals surface area contributed by atoms with Gasteiger partial charge >= 0.3 is 6.09 Å². The lowest BCUT2D eigenvalue weighted by Crippen LogP contribution is -2.63. The molecular formula is C24H30N4O4. The van der Waals surface area contributed by atoms with Crippen LogP contribution in [0.2, 0.25) is 0 Å². The highest BCUT2D eigenvalue weighted by Gasteiger charge is 2.40. The van der Waals surface area contributed by atoms with E-state index in [2.05, 4.69) is 15.6 Å². The van der Waals surface area contributed by atoms with Crippen molar-refractivity contribution in [2.45, 2.75) is 45.5 Å². The Kier molecular flexibility index (Phi) is 8.95. The highest BCUT2D eigenvalue weighted by molar-refractivity contribution is 6.02. The van der Waals surface area contributed by atoms with E-state index in [1.165, 1.54) is 6.21 Å². The first-order valence-corrected chi connectivity index (χ1v) is 10.4. The van der Waals surface area contributed by atoms with Crippen molar-refractivity contribution in [3.8, 4) is 0 Å². The molecule has 0 radical (unpaired) electrons. The van der Waals surface area contributed by atoms with Gasteiger partial charge in [0.1, 0.15) is 18.2 Å². The third-order valence-corrected chi connectivity index (χ3v) is 5.17. The summed E-state index contributed by atoms with van der Waals surface area (Å²) >= 11 is 0. The molecule has 0 saturated heterocycles. The lowest BCUT2D eigenvalue weighted by atomic mass is 9.87. The minimum atomic E-state index is -1.34. The van der Waals surface area contributed by atoms with Gasteiger partial charge in [-0.25, -0.2) is 4.79 Å². The Morgan fingerprint density at radius 1 is 1.03 bits per heavy atom. The summed E-state index contributed by atoms with van der Waals surface area (Å²) in [6.07, 6.45) is 0.565. The number of carbonyl (C=O) groups is 3. The maximum Gasteiger partial charge on any atom is 0.408 e. The minimum Gasteiger partial charge on any atom is -0.445 e. The monoisotopic (exact) mass is 438 g/mol. The number of hydrogen-bond donors (Lipinski definition) is 3. The van der Waals surface area contributed by atoms with E-state index < -0.39 is 29.5 Å². The predicted octanol–water partition coefficient (Wildman–Crippen LogP) is 2.57. The van der Waals surface area contributed by atoms with Crippen LogP contribution >= 0.6 is 0 Å². The summed E-state index contributed by atoms with van der Waals surface area (Å²) < 4.78 is 5.24. The van der Waals surface area contributed by atoms with Gasteiger partial charge in [-0.05, 0) is 24.0 Å². The molecule has 0 heterocycles. The Morgan fingerprint density at radius 2 is 1.59 bits per heavy atom. The molecule has 3 amide bonds. The number of nitrogens with one attached hydrogen (secondary N) is 2. The molecule has 2 aromatic rings. The molecule has 0 aromatic heterocycles. The maximum absolute atomic E-state index is 13.0. The Morgan fingerprint density at radius 3 is 2.12 bits per heavy atom. The normalized spacial score (nSPS) is 13.9. The maximum atomic E-state index is 13.0.